The summed E-state index contributed by atoms with van der Waals surface area (Å²) in [5.74, 6) is 0.143. The average molecular weight is 299 g/mol. The van der Waals surface area contributed by atoms with Gasteiger partial charge in [-0.3, -0.25) is 9.69 Å². The van der Waals surface area contributed by atoms with Crippen LogP contribution in [0.4, 0.5) is 0 Å². The molecule has 0 aliphatic heterocycles. The minimum absolute atomic E-state index is 0.143. The first-order valence-corrected chi connectivity index (χ1v) is 6.49. The fourth-order valence-corrected chi connectivity index (χ4v) is 1.72. The number of amides is 1. The standard InChI is InChI=1S/C13H19BrN2O/c1-4-16(10-13(17)15(2)3)9-11-5-7-12(14)8-6-11/h5-8H,4,9-10H2,1-3H3. The third-order valence-corrected chi connectivity index (χ3v) is 3.15. The summed E-state index contributed by atoms with van der Waals surface area (Å²) in [7, 11) is 3.58. The molecule has 1 aromatic rings. The quantitative estimate of drug-likeness (QED) is 0.833. The minimum atomic E-state index is 0.143. The molecule has 4 heteroatoms. The lowest BCUT2D eigenvalue weighted by Crippen LogP contribution is -2.36. The van der Waals surface area contributed by atoms with Gasteiger partial charge in [0.2, 0.25) is 5.91 Å². The summed E-state index contributed by atoms with van der Waals surface area (Å²) < 4.78 is 1.08. The monoisotopic (exact) mass is 298 g/mol. The summed E-state index contributed by atoms with van der Waals surface area (Å²) in [5.41, 5.74) is 1.22. The Balaban J connectivity index is 2.57. The van der Waals surface area contributed by atoms with Crippen molar-refractivity contribution in [2.45, 2.75) is 13.5 Å². The van der Waals surface area contributed by atoms with Crippen molar-refractivity contribution in [2.75, 3.05) is 27.2 Å². The van der Waals surface area contributed by atoms with E-state index in [0.717, 1.165) is 17.6 Å². The first kappa shape index (κ1) is 14.2. The van der Waals surface area contributed by atoms with Crippen LogP contribution in [0.2, 0.25) is 0 Å². The Morgan fingerprint density at radius 1 is 1.24 bits per heavy atom. The van der Waals surface area contributed by atoms with Crippen molar-refractivity contribution in [2.24, 2.45) is 0 Å². The zero-order valence-corrected chi connectivity index (χ0v) is 12.2. The Hall–Kier alpha value is -0.870. The first-order valence-electron chi connectivity index (χ1n) is 5.70. The van der Waals surface area contributed by atoms with Crippen LogP contribution in [0.1, 0.15) is 12.5 Å². The van der Waals surface area contributed by atoms with E-state index in [0.29, 0.717) is 6.54 Å². The number of hydrogen-bond donors (Lipinski definition) is 0. The van der Waals surface area contributed by atoms with Crippen LogP contribution in [0.25, 0.3) is 0 Å². The molecular weight excluding hydrogens is 280 g/mol. The molecule has 3 nitrogen and oxygen atoms in total. The maximum Gasteiger partial charge on any atom is 0.236 e. The van der Waals surface area contributed by atoms with E-state index in [1.807, 2.05) is 12.1 Å². The highest BCUT2D eigenvalue weighted by Gasteiger charge is 2.10. The molecule has 0 radical (unpaired) electrons. The number of halogens is 1. The van der Waals surface area contributed by atoms with E-state index in [-0.39, 0.29) is 5.91 Å². The average Bonchev–Trinajstić information content (AvgIpc) is 2.30. The Labute approximate surface area is 112 Å². The lowest BCUT2D eigenvalue weighted by Gasteiger charge is -2.21. The van der Waals surface area contributed by atoms with Crippen molar-refractivity contribution < 1.29 is 4.79 Å². The summed E-state index contributed by atoms with van der Waals surface area (Å²) in [6.07, 6.45) is 0. The normalized spacial score (nSPS) is 10.6. The van der Waals surface area contributed by atoms with Gasteiger partial charge in [0.1, 0.15) is 0 Å². The van der Waals surface area contributed by atoms with Crippen LogP contribution in [0.15, 0.2) is 28.7 Å². The molecule has 17 heavy (non-hydrogen) atoms. The second kappa shape index (κ2) is 6.77. The van der Waals surface area contributed by atoms with Gasteiger partial charge in [-0.05, 0) is 24.2 Å². The summed E-state index contributed by atoms with van der Waals surface area (Å²) in [6, 6.07) is 8.20. The summed E-state index contributed by atoms with van der Waals surface area (Å²) in [4.78, 5) is 15.4. The zero-order chi connectivity index (χ0) is 12.8. The minimum Gasteiger partial charge on any atom is -0.348 e. The summed E-state index contributed by atoms with van der Waals surface area (Å²) in [5, 5.41) is 0. The fraction of sp³-hybridized carbons (Fsp3) is 0.462. The van der Waals surface area contributed by atoms with E-state index in [1.165, 1.54) is 5.56 Å². The molecule has 0 fully saturated rings. The summed E-state index contributed by atoms with van der Waals surface area (Å²) >= 11 is 3.41. The Kier molecular flexibility index (Phi) is 5.65. The van der Waals surface area contributed by atoms with Crippen LogP contribution in [0.3, 0.4) is 0 Å². The number of rotatable bonds is 5. The molecule has 1 rings (SSSR count). The topological polar surface area (TPSA) is 23.6 Å². The van der Waals surface area contributed by atoms with Gasteiger partial charge < -0.3 is 4.90 Å². The molecule has 0 spiro atoms. The molecule has 94 valence electrons. The maximum absolute atomic E-state index is 11.6. The highest BCUT2D eigenvalue weighted by atomic mass is 79.9. The predicted molar refractivity (Wildman–Crippen MR) is 73.8 cm³/mol. The third kappa shape index (κ3) is 4.88. The number of carbonyl (C=O) groups excluding carboxylic acids is 1. The van der Waals surface area contributed by atoms with Crippen molar-refractivity contribution in [3.63, 3.8) is 0 Å². The van der Waals surface area contributed by atoms with Crippen molar-refractivity contribution in [1.82, 2.24) is 9.80 Å². The van der Waals surface area contributed by atoms with Crippen LogP contribution >= 0.6 is 15.9 Å². The van der Waals surface area contributed by atoms with Crippen molar-refractivity contribution in [3.8, 4) is 0 Å². The summed E-state index contributed by atoms with van der Waals surface area (Å²) in [6.45, 7) is 4.22. The van der Waals surface area contributed by atoms with Crippen molar-refractivity contribution >= 4 is 21.8 Å². The fourth-order valence-electron chi connectivity index (χ4n) is 1.46. The molecule has 0 heterocycles. The Morgan fingerprint density at radius 2 is 1.82 bits per heavy atom. The number of nitrogens with zero attached hydrogens (tertiary/aromatic N) is 2. The van der Waals surface area contributed by atoms with Crippen molar-refractivity contribution in [3.05, 3.63) is 34.3 Å². The van der Waals surface area contributed by atoms with E-state index >= 15 is 0 Å². The van der Waals surface area contributed by atoms with Gasteiger partial charge in [-0.2, -0.15) is 0 Å². The number of carbonyl (C=O) groups is 1. The largest absolute Gasteiger partial charge is 0.348 e. The van der Waals surface area contributed by atoms with Crippen LogP contribution in [0.5, 0.6) is 0 Å². The van der Waals surface area contributed by atoms with Gasteiger partial charge in [-0.1, -0.05) is 35.0 Å². The molecule has 1 amide bonds. The van der Waals surface area contributed by atoms with Gasteiger partial charge in [0.15, 0.2) is 0 Å². The molecule has 0 atom stereocenters. The maximum atomic E-state index is 11.6. The second-order valence-electron chi connectivity index (χ2n) is 4.22. The van der Waals surface area contributed by atoms with Gasteiger partial charge in [0.05, 0.1) is 6.54 Å². The zero-order valence-electron chi connectivity index (χ0n) is 10.6. The van der Waals surface area contributed by atoms with Gasteiger partial charge in [0, 0.05) is 25.1 Å². The van der Waals surface area contributed by atoms with Gasteiger partial charge >= 0.3 is 0 Å². The third-order valence-electron chi connectivity index (χ3n) is 2.62. The first-order chi connectivity index (χ1) is 8.02. The van der Waals surface area contributed by atoms with E-state index in [4.69, 9.17) is 0 Å². The highest BCUT2D eigenvalue weighted by molar-refractivity contribution is 9.10. The molecule has 0 saturated carbocycles. The van der Waals surface area contributed by atoms with Crippen LogP contribution in [-0.2, 0) is 11.3 Å². The molecule has 0 unspecified atom stereocenters. The van der Waals surface area contributed by atoms with E-state index < -0.39 is 0 Å². The predicted octanol–water partition coefficient (Wildman–Crippen LogP) is 2.36. The Bertz CT molecular complexity index is 362. The van der Waals surface area contributed by atoms with Crippen LogP contribution in [0, 0.1) is 0 Å². The SMILES string of the molecule is CCN(CC(=O)N(C)C)Cc1ccc(Br)cc1. The number of hydrogen-bond acceptors (Lipinski definition) is 2. The van der Waals surface area contributed by atoms with E-state index in [9.17, 15) is 4.79 Å². The molecule has 0 saturated heterocycles. The highest BCUT2D eigenvalue weighted by Crippen LogP contribution is 2.12. The van der Waals surface area contributed by atoms with Crippen LogP contribution < -0.4 is 0 Å². The number of likely N-dealkylation sites (N-methyl/N-ethyl adjacent to an activating group) is 2. The molecule has 0 aromatic heterocycles. The molecule has 0 bridgehead atoms. The van der Waals surface area contributed by atoms with Gasteiger partial charge in [-0.25, -0.2) is 0 Å². The molecule has 1 aromatic carbocycles. The van der Waals surface area contributed by atoms with Gasteiger partial charge in [0.25, 0.3) is 0 Å². The second-order valence-corrected chi connectivity index (χ2v) is 5.13. The number of benzene rings is 1. The van der Waals surface area contributed by atoms with Gasteiger partial charge in [-0.15, -0.1) is 0 Å². The van der Waals surface area contributed by atoms with Crippen LogP contribution in [-0.4, -0.2) is 42.9 Å². The smallest absolute Gasteiger partial charge is 0.236 e. The lowest BCUT2D eigenvalue weighted by molar-refractivity contribution is -0.130. The lowest BCUT2D eigenvalue weighted by atomic mass is 10.2. The van der Waals surface area contributed by atoms with E-state index in [1.54, 1.807) is 19.0 Å². The van der Waals surface area contributed by atoms with E-state index in [2.05, 4.69) is 39.9 Å². The molecule has 0 aliphatic rings. The Morgan fingerprint density at radius 3 is 2.29 bits per heavy atom. The molecular formula is C13H19BrN2O. The molecule has 0 N–H and O–H groups in total. The molecule has 0 aliphatic carbocycles. The van der Waals surface area contributed by atoms with Crippen molar-refractivity contribution in [1.29, 1.82) is 0 Å².